The van der Waals surface area contributed by atoms with Crippen LogP contribution in [0.3, 0.4) is 0 Å². The first-order chi connectivity index (χ1) is 9.49. The molecule has 4 heteroatoms. The van der Waals surface area contributed by atoms with Gasteiger partial charge in [0.1, 0.15) is 0 Å². The highest BCUT2D eigenvalue weighted by molar-refractivity contribution is 7.16. The van der Waals surface area contributed by atoms with E-state index in [-0.39, 0.29) is 5.91 Å². The van der Waals surface area contributed by atoms with Crippen molar-refractivity contribution in [3.8, 4) is 0 Å². The summed E-state index contributed by atoms with van der Waals surface area (Å²) in [6.45, 7) is 10.1. The van der Waals surface area contributed by atoms with Crippen LogP contribution in [-0.2, 0) is 12.8 Å². The lowest BCUT2D eigenvalue weighted by Crippen LogP contribution is -2.31. The molecule has 112 valence electrons. The minimum absolute atomic E-state index is 0.119. The van der Waals surface area contributed by atoms with Gasteiger partial charge in [-0.05, 0) is 50.5 Å². The highest BCUT2D eigenvalue weighted by atomic mass is 32.1. The Morgan fingerprint density at radius 3 is 2.60 bits per heavy atom. The number of hydrogen-bond acceptors (Lipinski definition) is 3. The van der Waals surface area contributed by atoms with Gasteiger partial charge in [-0.15, -0.1) is 11.3 Å². The lowest BCUT2D eigenvalue weighted by molar-refractivity contribution is 0.0773. The second-order valence-corrected chi connectivity index (χ2v) is 7.10. The van der Waals surface area contributed by atoms with Gasteiger partial charge in [0.05, 0.1) is 10.6 Å². The van der Waals surface area contributed by atoms with Gasteiger partial charge < -0.3 is 10.6 Å². The van der Waals surface area contributed by atoms with Crippen LogP contribution in [0.4, 0.5) is 5.00 Å². The summed E-state index contributed by atoms with van der Waals surface area (Å²) in [6, 6.07) is 0. The summed E-state index contributed by atoms with van der Waals surface area (Å²) in [4.78, 5) is 15.8. The molecule has 1 aromatic heterocycles. The predicted molar refractivity (Wildman–Crippen MR) is 86.3 cm³/mol. The van der Waals surface area contributed by atoms with Gasteiger partial charge in [-0.3, -0.25) is 4.79 Å². The molecule has 0 fully saturated rings. The maximum absolute atomic E-state index is 12.6. The first kappa shape index (κ1) is 15.4. The van der Waals surface area contributed by atoms with Crippen molar-refractivity contribution in [1.82, 2.24) is 4.90 Å². The molecular weight excluding hydrogens is 268 g/mol. The van der Waals surface area contributed by atoms with E-state index in [0.29, 0.717) is 5.92 Å². The summed E-state index contributed by atoms with van der Waals surface area (Å²) in [7, 11) is 0. The van der Waals surface area contributed by atoms with Gasteiger partial charge in [-0.2, -0.15) is 0 Å². The molecule has 1 unspecified atom stereocenters. The number of nitrogen functional groups attached to an aromatic ring is 1. The molecule has 1 aliphatic carbocycles. The van der Waals surface area contributed by atoms with E-state index in [1.165, 1.54) is 16.9 Å². The molecule has 20 heavy (non-hydrogen) atoms. The Kier molecular flexibility index (Phi) is 4.74. The Bertz CT molecular complexity index is 489. The van der Waals surface area contributed by atoms with Gasteiger partial charge in [-0.1, -0.05) is 13.8 Å². The van der Waals surface area contributed by atoms with Crippen molar-refractivity contribution in [2.45, 2.75) is 47.0 Å². The summed E-state index contributed by atoms with van der Waals surface area (Å²) >= 11 is 1.63. The van der Waals surface area contributed by atoms with E-state index in [0.717, 1.165) is 42.4 Å². The number of thiophene rings is 1. The van der Waals surface area contributed by atoms with E-state index >= 15 is 0 Å². The van der Waals surface area contributed by atoms with Crippen molar-refractivity contribution in [2.24, 2.45) is 11.8 Å². The number of carbonyl (C=O) groups is 1. The Hall–Kier alpha value is -1.03. The van der Waals surface area contributed by atoms with Crippen LogP contribution in [0.5, 0.6) is 0 Å². The number of hydrogen-bond donors (Lipinski definition) is 1. The van der Waals surface area contributed by atoms with Crippen LogP contribution in [0, 0.1) is 11.8 Å². The number of carbonyl (C=O) groups excluding carboxylic acids is 1. The molecule has 0 aromatic carbocycles. The van der Waals surface area contributed by atoms with Crippen LogP contribution in [-0.4, -0.2) is 23.9 Å². The van der Waals surface area contributed by atoms with Gasteiger partial charge >= 0.3 is 0 Å². The maximum atomic E-state index is 12.6. The third-order valence-corrected chi connectivity index (χ3v) is 5.62. The maximum Gasteiger partial charge on any atom is 0.257 e. The lowest BCUT2D eigenvalue weighted by Gasteiger charge is -2.26. The third kappa shape index (κ3) is 2.71. The Balaban J connectivity index is 2.32. The van der Waals surface area contributed by atoms with Gasteiger partial charge in [0.2, 0.25) is 0 Å². The van der Waals surface area contributed by atoms with Crippen molar-refractivity contribution < 1.29 is 4.79 Å². The average molecular weight is 294 g/mol. The standard InChI is InChI=1S/C16H26N2OS/c1-5-18(6-2)16(19)14-12-8-7-11(10(3)4)9-13(12)20-15(14)17/h10-11H,5-9,17H2,1-4H3. The number of nitrogens with two attached hydrogens (primary N) is 1. The zero-order chi connectivity index (χ0) is 14.9. The number of amides is 1. The molecule has 0 saturated heterocycles. The fraction of sp³-hybridized carbons (Fsp3) is 0.688. The average Bonchev–Trinajstić information content (AvgIpc) is 2.74. The SMILES string of the molecule is CCN(CC)C(=O)c1c(N)sc2c1CCC(C(C)C)C2. The molecule has 1 atom stereocenters. The molecule has 1 aliphatic rings. The number of nitrogens with zero attached hydrogens (tertiary/aromatic N) is 1. The molecule has 0 bridgehead atoms. The van der Waals surface area contributed by atoms with E-state index in [1.807, 2.05) is 18.7 Å². The molecule has 0 aliphatic heterocycles. The minimum Gasteiger partial charge on any atom is -0.390 e. The van der Waals surface area contributed by atoms with Crippen LogP contribution in [0.2, 0.25) is 0 Å². The number of anilines is 1. The summed E-state index contributed by atoms with van der Waals surface area (Å²) in [5, 5.41) is 0.719. The van der Waals surface area contributed by atoms with Gasteiger partial charge in [0.15, 0.2) is 0 Å². The molecule has 3 nitrogen and oxygen atoms in total. The first-order valence-electron chi connectivity index (χ1n) is 7.68. The molecule has 2 N–H and O–H groups in total. The summed E-state index contributed by atoms with van der Waals surface area (Å²) in [5.41, 5.74) is 8.20. The van der Waals surface area contributed by atoms with Crippen molar-refractivity contribution in [3.63, 3.8) is 0 Å². The van der Waals surface area contributed by atoms with Gasteiger partial charge in [0, 0.05) is 18.0 Å². The molecule has 1 heterocycles. The molecule has 2 rings (SSSR count). The molecule has 0 spiro atoms. The predicted octanol–water partition coefficient (Wildman–Crippen LogP) is 3.57. The summed E-state index contributed by atoms with van der Waals surface area (Å²) < 4.78 is 0. The first-order valence-corrected chi connectivity index (χ1v) is 8.50. The topological polar surface area (TPSA) is 46.3 Å². The quantitative estimate of drug-likeness (QED) is 0.922. The zero-order valence-corrected chi connectivity index (χ0v) is 13.8. The van der Waals surface area contributed by atoms with Crippen LogP contribution < -0.4 is 5.73 Å². The molecule has 1 amide bonds. The number of fused-ring (bicyclic) bond motifs is 1. The van der Waals surface area contributed by atoms with Crippen molar-refractivity contribution in [2.75, 3.05) is 18.8 Å². The summed E-state index contributed by atoms with van der Waals surface area (Å²) in [6.07, 6.45) is 3.28. The van der Waals surface area contributed by atoms with E-state index < -0.39 is 0 Å². The highest BCUT2D eigenvalue weighted by Gasteiger charge is 2.30. The third-order valence-electron chi connectivity index (χ3n) is 4.54. The fourth-order valence-electron chi connectivity index (χ4n) is 3.11. The van der Waals surface area contributed by atoms with E-state index in [9.17, 15) is 4.79 Å². The van der Waals surface area contributed by atoms with Gasteiger partial charge in [0.25, 0.3) is 5.91 Å². The molecule has 0 saturated carbocycles. The Morgan fingerprint density at radius 2 is 2.05 bits per heavy atom. The van der Waals surface area contributed by atoms with Crippen LogP contribution in [0.1, 0.15) is 54.9 Å². The molecule has 1 aromatic rings. The highest BCUT2D eigenvalue weighted by Crippen LogP contribution is 2.40. The second kappa shape index (κ2) is 6.17. The minimum atomic E-state index is 0.119. The van der Waals surface area contributed by atoms with Crippen LogP contribution in [0.15, 0.2) is 0 Å². The van der Waals surface area contributed by atoms with E-state index in [4.69, 9.17) is 5.73 Å². The van der Waals surface area contributed by atoms with Crippen LogP contribution >= 0.6 is 11.3 Å². The number of rotatable bonds is 4. The van der Waals surface area contributed by atoms with E-state index in [2.05, 4.69) is 13.8 Å². The normalized spacial score (nSPS) is 18.1. The van der Waals surface area contributed by atoms with E-state index in [1.54, 1.807) is 11.3 Å². The van der Waals surface area contributed by atoms with Gasteiger partial charge in [-0.25, -0.2) is 0 Å². The lowest BCUT2D eigenvalue weighted by atomic mass is 9.81. The largest absolute Gasteiger partial charge is 0.390 e. The zero-order valence-electron chi connectivity index (χ0n) is 13.0. The smallest absolute Gasteiger partial charge is 0.257 e. The Labute approximate surface area is 126 Å². The van der Waals surface area contributed by atoms with Crippen LogP contribution in [0.25, 0.3) is 0 Å². The summed E-state index contributed by atoms with van der Waals surface area (Å²) in [5.74, 6) is 1.55. The molecular formula is C16H26N2OS. The monoisotopic (exact) mass is 294 g/mol. The van der Waals surface area contributed by atoms with Crippen molar-refractivity contribution in [3.05, 3.63) is 16.0 Å². The second-order valence-electron chi connectivity index (χ2n) is 5.97. The fourth-order valence-corrected chi connectivity index (χ4v) is 4.31. The molecule has 0 radical (unpaired) electrons. The van der Waals surface area contributed by atoms with Crippen molar-refractivity contribution >= 4 is 22.2 Å². The Morgan fingerprint density at radius 1 is 1.40 bits per heavy atom. The van der Waals surface area contributed by atoms with Crippen molar-refractivity contribution in [1.29, 1.82) is 0 Å².